The molecule has 36 heavy (non-hydrogen) atoms. The average molecular weight is 496 g/mol. The molecule has 0 aliphatic carbocycles. The second-order valence-electron chi connectivity index (χ2n) is 10.1. The van der Waals surface area contributed by atoms with Gasteiger partial charge in [-0.2, -0.15) is 0 Å². The van der Waals surface area contributed by atoms with Gasteiger partial charge in [0.25, 0.3) is 0 Å². The SMILES string of the molecule is COc1ccc2nccc([C@H](F)CC[C@@H]3CCN(CCCc4cccn4C)C[C@H]3CCC(=O)O)c2c1. The molecule has 1 aromatic carbocycles. The number of piperidine rings is 1. The predicted octanol–water partition coefficient (Wildman–Crippen LogP) is 5.81. The summed E-state index contributed by atoms with van der Waals surface area (Å²) in [6.07, 6.45) is 7.78. The molecule has 3 heterocycles. The normalized spacial score (nSPS) is 19.4. The molecule has 1 N–H and O–H groups in total. The molecule has 4 rings (SSSR count). The number of halogens is 1. The van der Waals surface area contributed by atoms with Crippen LogP contribution < -0.4 is 4.74 Å². The molecule has 3 aromatic rings. The first-order valence-corrected chi connectivity index (χ1v) is 13.1. The van der Waals surface area contributed by atoms with Gasteiger partial charge >= 0.3 is 5.97 Å². The van der Waals surface area contributed by atoms with Crippen LogP contribution in [0, 0.1) is 11.8 Å². The van der Waals surface area contributed by atoms with E-state index in [0.29, 0.717) is 30.1 Å². The largest absolute Gasteiger partial charge is 0.497 e. The molecule has 3 atom stereocenters. The number of likely N-dealkylation sites (tertiary alicyclic amines) is 1. The highest BCUT2D eigenvalue weighted by atomic mass is 19.1. The average Bonchev–Trinajstić information content (AvgIpc) is 3.30. The van der Waals surface area contributed by atoms with Gasteiger partial charge < -0.3 is 19.3 Å². The molecule has 0 bridgehead atoms. The number of hydrogen-bond donors (Lipinski definition) is 1. The Hall–Kier alpha value is -2.93. The van der Waals surface area contributed by atoms with Crippen molar-refractivity contribution < 1.29 is 19.0 Å². The lowest BCUT2D eigenvalue weighted by Crippen LogP contribution is -2.41. The van der Waals surface area contributed by atoms with Crippen LogP contribution in [0.4, 0.5) is 4.39 Å². The van der Waals surface area contributed by atoms with Gasteiger partial charge in [-0.05, 0) is 105 Å². The molecule has 0 spiro atoms. The zero-order chi connectivity index (χ0) is 25.5. The Morgan fingerprint density at radius 3 is 2.86 bits per heavy atom. The Morgan fingerprint density at radius 2 is 2.11 bits per heavy atom. The van der Waals surface area contributed by atoms with Crippen LogP contribution >= 0.6 is 0 Å². The zero-order valence-electron chi connectivity index (χ0n) is 21.4. The van der Waals surface area contributed by atoms with Gasteiger partial charge in [-0.3, -0.25) is 9.78 Å². The van der Waals surface area contributed by atoms with Crippen molar-refractivity contribution in [3.8, 4) is 5.75 Å². The summed E-state index contributed by atoms with van der Waals surface area (Å²) in [5, 5.41) is 10.1. The van der Waals surface area contributed by atoms with Crippen molar-refractivity contribution in [3.05, 3.63) is 60.0 Å². The molecule has 194 valence electrons. The summed E-state index contributed by atoms with van der Waals surface area (Å²) in [6.45, 7) is 2.91. The Bertz CT molecular complexity index is 1150. The van der Waals surface area contributed by atoms with E-state index in [9.17, 15) is 9.90 Å². The number of carboxylic acid groups (broad SMARTS) is 1. The van der Waals surface area contributed by atoms with Crippen molar-refractivity contribution in [1.82, 2.24) is 14.5 Å². The van der Waals surface area contributed by atoms with Crippen LogP contribution in [0.25, 0.3) is 10.9 Å². The second-order valence-corrected chi connectivity index (χ2v) is 10.1. The Balaban J connectivity index is 1.36. The van der Waals surface area contributed by atoms with Crippen molar-refractivity contribution in [2.24, 2.45) is 18.9 Å². The van der Waals surface area contributed by atoms with Gasteiger partial charge in [-0.15, -0.1) is 0 Å². The number of nitrogens with zero attached hydrogens (tertiary/aromatic N) is 3. The van der Waals surface area contributed by atoms with Crippen LogP contribution in [0.3, 0.4) is 0 Å². The number of fused-ring (bicyclic) bond motifs is 1. The molecule has 0 unspecified atom stereocenters. The number of carboxylic acids is 1. The van der Waals surface area contributed by atoms with Crippen LogP contribution in [0.15, 0.2) is 48.8 Å². The first-order chi connectivity index (χ1) is 17.4. The smallest absolute Gasteiger partial charge is 0.303 e. The lowest BCUT2D eigenvalue weighted by atomic mass is 9.79. The van der Waals surface area contributed by atoms with Crippen LogP contribution in [-0.4, -0.2) is 52.3 Å². The van der Waals surface area contributed by atoms with E-state index in [1.54, 1.807) is 19.4 Å². The minimum absolute atomic E-state index is 0.173. The van der Waals surface area contributed by atoms with Gasteiger partial charge in [-0.25, -0.2) is 4.39 Å². The van der Waals surface area contributed by atoms with Gasteiger partial charge in [0.05, 0.1) is 12.6 Å². The molecule has 6 nitrogen and oxygen atoms in total. The van der Waals surface area contributed by atoms with E-state index in [1.807, 2.05) is 18.2 Å². The number of methoxy groups -OCH3 is 1. The summed E-state index contributed by atoms with van der Waals surface area (Å²) in [5.74, 6) is 0.563. The minimum atomic E-state index is -1.09. The van der Waals surface area contributed by atoms with E-state index in [-0.39, 0.29) is 12.3 Å². The molecule has 2 aromatic heterocycles. The van der Waals surface area contributed by atoms with Crippen LogP contribution in [0.1, 0.15) is 56.0 Å². The van der Waals surface area contributed by atoms with Crippen molar-refractivity contribution >= 4 is 16.9 Å². The molecular formula is C29H38FN3O3. The van der Waals surface area contributed by atoms with Crippen LogP contribution in [-0.2, 0) is 18.3 Å². The number of aliphatic carboxylic acids is 1. The van der Waals surface area contributed by atoms with Gasteiger partial charge in [0, 0.05) is 43.5 Å². The Labute approximate surface area is 213 Å². The molecule has 1 fully saturated rings. The fraction of sp³-hybridized carbons (Fsp3) is 0.517. The Kier molecular flexibility index (Phi) is 8.97. The highest BCUT2D eigenvalue weighted by Crippen LogP contribution is 2.36. The number of rotatable bonds is 12. The quantitative estimate of drug-likeness (QED) is 0.344. The first-order valence-electron chi connectivity index (χ1n) is 13.1. The fourth-order valence-electron chi connectivity index (χ4n) is 5.68. The van der Waals surface area contributed by atoms with E-state index in [2.05, 4.69) is 39.8 Å². The van der Waals surface area contributed by atoms with Crippen molar-refractivity contribution in [2.45, 2.75) is 51.1 Å². The highest BCUT2D eigenvalue weighted by Gasteiger charge is 2.30. The third-order valence-corrected chi connectivity index (χ3v) is 7.77. The second kappa shape index (κ2) is 12.3. The van der Waals surface area contributed by atoms with Gasteiger partial charge in [0.2, 0.25) is 0 Å². The van der Waals surface area contributed by atoms with Crippen LogP contribution in [0.2, 0.25) is 0 Å². The fourth-order valence-corrected chi connectivity index (χ4v) is 5.68. The number of benzene rings is 1. The summed E-state index contributed by atoms with van der Waals surface area (Å²) in [7, 11) is 3.68. The number of carbonyl (C=O) groups is 1. The number of ether oxygens (including phenoxy) is 1. The standard InChI is InChI=1S/C29H38FN3O3/c1-32-16-3-5-23(32)6-4-17-33-18-14-21(22(20-33)8-12-29(34)35)7-10-27(30)25-13-15-31-28-11-9-24(36-2)19-26(25)28/h3,5,9,11,13,15-16,19,21-22,27H,4,6-8,10,12,14,17-18,20H2,1-2H3,(H,34,35)/t21-,22-,27-/m1/s1. The zero-order valence-corrected chi connectivity index (χ0v) is 21.4. The van der Waals surface area contributed by atoms with Crippen LogP contribution in [0.5, 0.6) is 5.75 Å². The third-order valence-electron chi connectivity index (χ3n) is 7.77. The summed E-state index contributed by atoms with van der Waals surface area (Å²) < 4.78 is 23.0. The predicted molar refractivity (Wildman–Crippen MR) is 140 cm³/mol. The topological polar surface area (TPSA) is 67.6 Å². The molecular weight excluding hydrogens is 457 g/mol. The van der Waals surface area contributed by atoms with E-state index < -0.39 is 12.1 Å². The molecule has 0 radical (unpaired) electrons. The third kappa shape index (κ3) is 6.64. The Morgan fingerprint density at radius 1 is 1.25 bits per heavy atom. The maximum atomic E-state index is 15.5. The summed E-state index contributed by atoms with van der Waals surface area (Å²) in [5.41, 5.74) is 2.75. The number of aromatic nitrogens is 2. The van der Waals surface area contributed by atoms with E-state index in [4.69, 9.17) is 4.74 Å². The summed E-state index contributed by atoms with van der Waals surface area (Å²) in [6, 6.07) is 11.6. The van der Waals surface area contributed by atoms with Crippen molar-refractivity contribution in [1.29, 1.82) is 0 Å². The number of aryl methyl sites for hydroxylation is 2. The minimum Gasteiger partial charge on any atom is -0.497 e. The maximum Gasteiger partial charge on any atom is 0.303 e. The van der Waals surface area contributed by atoms with Gasteiger partial charge in [0.1, 0.15) is 11.9 Å². The molecule has 1 saturated heterocycles. The van der Waals surface area contributed by atoms with Crippen molar-refractivity contribution in [3.63, 3.8) is 0 Å². The first kappa shape index (κ1) is 26.1. The lowest BCUT2D eigenvalue weighted by molar-refractivity contribution is -0.137. The number of alkyl halides is 1. The van der Waals surface area contributed by atoms with E-state index in [1.165, 1.54) is 5.69 Å². The van der Waals surface area contributed by atoms with Gasteiger partial charge in [-0.1, -0.05) is 0 Å². The monoisotopic (exact) mass is 495 g/mol. The summed E-state index contributed by atoms with van der Waals surface area (Å²) in [4.78, 5) is 18.1. The molecule has 7 heteroatoms. The molecule has 0 amide bonds. The maximum absolute atomic E-state index is 15.5. The van der Waals surface area contributed by atoms with Crippen molar-refractivity contribution in [2.75, 3.05) is 26.7 Å². The molecule has 1 aliphatic heterocycles. The van der Waals surface area contributed by atoms with E-state index in [0.717, 1.165) is 56.2 Å². The summed E-state index contributed by atoms with van der Waals surface area (Å²) >= 11 is 0. The number of pyridine rings is 1. The molecule has 1 aliphatic rings. The lowest BCUT2D eigenvalue weighted by Gasteiger charge is -2.39. The number of hydrogen-bond acceptors (Lipinski definition) is 4. The van der Waals surface area contributed by atoms with Gasteiger partial charge in [0.15, 0.2) is 0 Å². The van der Waals surface area contributed by atoms with E-state index >= 15 is 4.39 Å². The highest BCUT2D eigenvalue weighted by molar-refractivity contribution is 5.83. The molecule has 0 saturated carbocycles.